The third kappa shape index (κ3) is 4.91. The lowest BCUT2D eigenvalue weighted by Gasteiger charge is -2.35. The molecule has 10 heteroatoms. The van der Waals surface area contributed by atoms with E-state index in [0.29, 0.717) is 29.9 Å². The Morgan fingerprint density at radius 1 is 1.19 bits per heavy atom. The average molecular weight is 531 g/mol. The lowest BCUT2D eigenvalue weighted by atomic mass is 9.99. The molecule has 3 atom stereocenters. The summed E-state index contributed by atoms with van der Waals surface area (Å²) >= 11 is 6.72. The minimum Gasteiger partial charge on any atom is -0.462 e. The highest BCUT2D eigenvalue weighted by Crippen LogP contribution is 2.41. The number of alkyl halides is 1. The van der Waals surface area contributed by atoms with Crippen LogP contribution in [0.3, 0.4) is 0 Å². The highest BCUT2D eigenvalue weighted by atomic mass is 35.5. The zero-order valence-corrected chi connectivity index (χ0v) is 22.4. The first-order valence-electron chi connectivity index (χ1n) is 12.8. The van der Waals surface area contributed by atoms with Crippen molar-refractivity contribution in [1.82, 2.24) is 19.9 Å². The molecule has 2 aromatic heterocycles. The van der Waals surface area contributed by atoms with Crippen molar-refractivity contribution < 1.29 is 13.5 Å². The van der Waals surface area contributed by atoms with Crippen molar-refractivity contribution in [1.29, 1.82) is 0 Å². The first-order valence-corrected chi connectivity index (χ1v) is 13.2. The maximum Gasteiger partial charge on any atom is 0.319 e. The maximum atomic E-state index is 16.4. The SMILES string of the molecule is Cc1cc(N)nc(-c2c(Cl)cc3c(N4CCCC[C@@H]4C)nc(OC[C@@H]4C[C@@H](F)CN4C)nc3c2F)c1C. The summed E-state index contributed by atoms with van der Waals surface area (Å²) in [4.78, 5) is 17.7. The maximum absolute atomic E-state index is 16.4. The molecule has 7 nitrogen and oxygen atoms in total. The Morgan fingerprint density at radius 2 is 1.97 bits per heavy atom. The summed E-state index contributed by atoms with van der Waals surface area (Å²) < 4.78 is 36.2. The average Bonchev–Trinajstić information content (AvgIpc) is 3.17. The van der Waals surface area contributed by atoms with Gasteiger partial charge >= 0.3 is 6.01 Å². The molecule has 2 saturated heterocycles. The summed E-state index contributed by atoms with van der Waals surface area (Å²) in [6.07, 6.45) is 2.64. The highest BCUT2D eigenvalue weighted by Gasteiger charge is 2.31. The first kappa shape index (κ1) is 25.9. The van der Waals surface area contributed by atoms with Gasteiger partial charge < -0.3 is 15.4 Å². The smallest absolute Gasteiger partial charge is 0.319 e. The van der Waals surface area contributed by atoms with Crippen molar-refractivity contribution in [3.05, 3.63) is 34.1 Å². The van der Waals surface area contributed by atoms with E-state index in [1.54, 1.807) is 12.1 Å². The number of hydrogen-bond donors (Lipinski definition) is 1. The Morgan fingerprint density at radius 3 is 2.68 bits per heavy atom. The molecule has 3 aromatic rings. The molecule has 198 valence electrons. The van der Waals surface area contributed by atoms with E-state index < -0.39 is 12.0 Å². The van der Waals surface area contributed by atoms with Gasteiger partial charge in [-0.2, -0.15) is 9.97 Å². The topological polar surface area (TPSA) is 80.4 Å². The molecule has 2 fully saturated rings. The number of fused-ring (bicyclic) bond motifs is 1. The number of nitrogens with two attached hydrogens (primary N) is 1. The van der Waals surface area contributed by atoms with E-state index in [1.807, 2.05) is 25.8 Å². The van der Waals surface area contributed by atoms with Crippen molar-refractivity contribution >= 4 is 34.1 Å². The molecule has 2 aliphatic heterocycles. The van der Waals surface area contributed by atoms with Crippen LogP contribution in [0.15, 0.2) is 12.1 Å². The van der Waals surface area contributed by atoms with Crippen molar-refractivity contribution in [3.8, 4) is 17.3 Å². The molecule has 0 radical (unpaired) electrons. The van der Waals surface area contributed by atoms with Gasteiger partial charge in [-0.15, -0.1) is 0 Å². The largest absolute Gasteiger partial charge is 0.462 e. The number of aryl methyl sites for hydroxylation is 1. The second-order valence-electron chi connectivity index (χ2n) is 10.4. The minimum absolute atomic E-state index is 0.0663. The van der Waals surface area contributed by atoms with Gasteiger partial charge in [0, 0.05) is 30.6 Å². The van der Waals surface area contributed by atoms with Gasteiger partial charge in [-0.1, -0.05) is 11.6 Å². The van der Waals surface area contributed by atoms with E-state index in [4.69, 9.17) is 27.1 Å². The van der Waals surface area contributed by atoms with Crippen LogP contribution in [-0.2, 0) is 0 Å². The zero-order valence-electron chi connectivity index (χ0n) is 21.7. The summed E-state index contributed by atoms with van der Waals surface area (Å²) in [5.74, 6) is 0.286. The highest BCUT2D eigenvalue weighted by molar-refractivity contribution is 6.34. The van der Waals surface area contributed by atoms with Gasteiger partial charge in [0.1, 0.15) is 29.9 Å². The lowest BCUT2D eigenvalue weighted by Crippen LogP contribution is -2.38. The standard InChI is InChI=1S/C27H33ClF2N6O/c1-14-9-21(31)32-24(16(14)3)22-20(28)11-19-25(23(22)30)33-27(37-13-18-10-17(29)12-35(18)4)34-26(19)36-8-6-5-7-15(36)2/h9,11,15,17-18H,5-8,10,12-13H2,1-4H3,(H2,31,32)/t15-,17+,18-/m0/s1. The van der Waals surface area contributed by atoms with E-state index in [0.717, 1.165) is 36.9 Å². The molecule has 0 saturated carbocycles. The van der Waals surface area contributed by atoms with Gasteiger partial charge in [-0.25, -0.2) is 13.8 Å². The number of aromatic nitrogens is 3. The molecule has 2 aliphatic rings. The van der Waals surface area contributed by atoms with Gasteiger partial charge in [0.15, 0.2) is 5.82 Å². The molecule has 0 bridgehead atoms. The minimum atomic E-state index is -0.888. The molecule has 2 N–H and O–H groups in total. The Bertz CT molecular complexity index is 1340. The second kappa shape index (κ2) is 10.2. The molecule has 5 rings (SSSR count). The van der Waals surface area contributed by atoms with Crippen LogP contribution >= 0.6 is 11.6 Å². The quantitative estimate of drug-likeness (QED) is 0.467. The van der Waals surface area contributed by atoms with Crippen LogP contribution in [0.25, 0.3) is 22.2 Å². The first-order chi connectivity index (χ1) is 17.6. The van der Waals surface area contributed by atoms with Crippen molar-refractivity contribution in [2.45, 2.75) is 64.7 Å². The normalized spacial score (nSPS) is 22.7. The number of benzene rings is 1. The summed E-state index contributed by atoms with van der Waals surface area (Å²) in [5, 5.41) is 0.739. The van der Waals surface area contributed by atoms with Crippen molar-refractivity contribution in [2.24, 2.45) is 0 Å². The number of hydrogen-bond acceptors (Lipinski definition) is 7. The van der Waals surface area contributed by atoms with E-state index in [-0.39, 0.29) is 46.6 Å². The van der Waals surface area contributed by atoms with Gasteiger partial charge in [-0.05, 0) is 76.8 Å². The Balaban J connectivity index is 1.65. The number of likely N-dealkylation sites (tertiary alicyclic amines) is 1. The Hall–Kier alpha value is -2.78. The molecule has 1 aromatic carbocycles. The zero-order chi connectivity index (χ0) is 26.4. The van der Waals surface area contributed by atoms with Crippen LogP contribution in [0, 0.1) is 19.7 Å². The number of rotatable bonds is 5. The Kier molecular flexibility index (Phi) is 7.11. The lowest BCUT2D eigenvalue weighted by molar-refractivity contribution is 0.188. The van der Waals surface area contributed by atoms with Gasteiger partial charge in [0.05, 0.1) is 16.3 Å². The number of nitrogen functional groups attached to an aromatic ring is 1. The van der Waals surface area contributed by atoms with E-state index >= 15 is 4.39 Å². The monoisotopic (exact) mass is 530 g/mol. The summed E-state index contributed by atoms with van der Waals surface area (Å²) in [6.45, 7) is 7.27. The number of piperidine rings is 1. The van der Waals surface area contributed by atoms with Gasteiger partial charge in [-0.3, -0.25) is 4.90 Å². The van der Waals surface area contributed by atoms with E-state index in [2.05, 4.69) is 21.8 Å². The summed E-state index contributed by atoms with van der Waals surface area (Å²) in [5.41, 5.74) is 8.33. The number of ether oxygens (including phenoxy) is 1. The summed E-state index contributed by atoms with van der Waals surface area (Å²) in [6, 6.07) is 3.65. The van der Waals surface area contributed by atoms with E-state index in [9.17, 15) is 4.39 Å². The second-order valence-corrected chi connectivity index (χ2v) is 10.8. The molecular formula is C27H33ClF2N6O. The van der Waals surface area contributed by atoms with Crippen LogP contribution in [0.5, 0.6) is 6.01 Å². The number of likely N-dealkylation sites (N-methyl/N-ethyl adjacent to an activating group) is 1. The third-order valence-electron chi connectivity index (χ3n) is 7.75. The fourth-order valence-corrected chi connectivity index (χ4v) is 5.74. The van der Waals surface area contributed by atoms with Gasteiger partial charge in [0.25, 0.3) is 0 Å². The molecule has 0 aliphatic carbocycles. The van der Waals surface area contributed by atoms with Crippen LogP contribution in [0.4, 0.5) is 20.4 Å². The van der Waals surface area contributed by atoms with Crippen LogP contribution < -0.4 is 15.4 Å². The molecule has 4 heterocycles. The molecule has 0 spiro atoms. The number of nitrogens with zero attached hydrogens (tertiary/aromatic N) is 5. The molecule has 37 heavy (non-hydrogen) atoms. The third-order valence-corrected chi connectivity index (χ3v) is 8.05. The van der Waals surface area contributed by atoms with E-state index in [1.165, 1.54) is 0 Å². The van der Waals surface area contributed by atoms with Crippen LogP contribution in [0.1, 0.15) is 43.7 Å². The predicted octanol–water partition coefficient (Wildman–Crippen LogP) is 5.48. The van der Waals surface area contributed by atoms with Crippen LogP contribution in [0.2, 0.25) is 5.02 Å². The van der Waals surface area contributed by atoms with Crippen LogP contribution in [-0.4, -0.2) is 64.9 Å². The fourth-order valence-electron chi connectivity index (χ4n) is 5.46. The summed E-state index contributed by atoms with van der Waals surface area (Å²) in [7, 11) is 1.87. The number of anilines is 2. The Labute approximate surface area is 221 Å². The van der Waals surface area contributed by atoms with Gasteiger partial charge in [0.2, 0.25) is 0 Å². The molecular weight excluding hydrogens is 498 g/mol. The fraction of sp³-hybridized carbons (Fsp3) is 0.519. The molecule has 0 unspecified atom stereocenters. The van der Waals surface area contributed by atoms with Crippen molar-refractivity contribution in [3.63, 3.8) is 0 Å². The molecule has 0 amide bonds. The number of halogens is 3. The predicted molar refractivity (Wildman–Crippen MR) is 144 cm³/mol. The van der Waals surface area contributed by atoms with Crippen molar-refractivity contribution in [2.75, 3.05) is 37.4 Å². The number of pyridine rings is 1.